The molecule has 0 N–H and O–H groups in total. The van der Waals surface area contributed by atoms with Gasteiger partial charge in [0, 0.05) is 36.8 Å². The topological polar surface area (TPSA) is 106 Å². The number of hydrogen-bond donors (Lipinski definition) is 0. The second-order valence-electron chi connectivity index (χ2n) is 8.77. The maximum atomic E-state index is 13.7. The highest BCUT2D eigenvalue weighted by Crippen LogP contribution is 2.21. The number of morpholine rings is 1. The largest absolute Gasteiger partial charge is 0.489 e. The summed E-state index contributed by atoms with van der Waals surface area (Å²) in [4.78, 5) is 23.7. The second kappa shape index (κ2) is 11.7. The SMILES string of the molecule is N#Cc1cc(-c2ccc(=O)n(Cc3cccc(-c4ncc(OCCN5CCOCC5)cn4)c3)n2)ccc1F. The van der Waals surface area contributed by atoms with Crippen LogP contribution in [0.2, 0.25) is 0 Å². The molecule has 2 aromatic heterocycles. The van der Waals surface area contributed by atoms with E-state index >= 15 is 0 Å². The summed E-state index contributed by atoms with van der Waals surface area (Å²) in [5.41, 5.74) is 2.28. The molecule has 0 bridgehead atoms. The van der Waals surface area contributed by atoms with E-state index in [0.717, 1.165) is 44.0 Å². The molecule has 3 heterocycles. The summed E-state index contributed by atoms with van der Waals surface area (Å²) in [5, 5.41) is 13.6. The second-order valence-corrected chi connectivity index (χ2v) is 8.77. The third kappa shape index (κ3) is 6.08. The predicted octanol–water partition coefficient (Wildman–Crippen LogP) is 3.14. The Hall–Kier alpha value is -4.46. The number of hydrogen-bond acceptors (Lipinski definition) is 8. The zero-order chi connectivity index (χ0) is 26.3. The van der Waals surface area contributed by atoms with E-state index in [1.807, 2.05) is 30.3 Å². The van der Waals surface area contributed by atoms with Gasteiger partial charge >= 0.3 is 0 Å². The number of benzene rings is 2. The average Bonchev–Trinajstić information content (AvgIpc) is 2.96. The first-order valence-corrected chi connectivity index (χ1v) is 12.2. The number of ether oxygens (including phenoxy) is 2. The first-order chi connectivity index (χ1) is 18.6. The number of rotatable bonds is 8. The quantitative estimate of drug-likeness (QED) is 0.355. The van der Waals surface area contributed by atoms with Crippen molar-refractivity contribution in [3.63, 3.8) is 0 Å². The van der Waals surface area contributed by atoms with Crippen molar-refractivity contribution in [2.24, 2.45) is 0 Å². The fourth-order valence-electron chi connectivity index (χ4n) is 4.13. The van der Waals surface area contributed by atoms with E-state index in [-0.39, 0.29) is 17.7 Å². The summed E-state index contributed by atoms with van der Waals surface area (Å²) >= 11 is 0. The molecule has 1 fully saturated rings. The van der Waals surface area contributed by atoms with Crippen LogP contribution in [-0.2, 0) is 11.3 Å². The van der Waals surface area contributed by atoms with Gasteiger partial charge in [0.25, 0.3) is 5.56 Å². The molecule has 2 aromatic carbocycles. The van der Waals surface area contributed by atoms with Crippen LogP contribution in [0.5, 0.6) is 5.75 Å². The molecule has 0 aliphatic carbocycles. The van der Waals surface area contributed by atoms with Crippen LogP contribution in [0.1, 0.15) is 11.1 Å². The Balaban J connectivity index is 1.27. The molecule has 0 spiro atoms. The molecule has 0 atom stereocenters. The van der Waals surface area contributed by atoms with Crippen LogP contribution in [0.25, 0.3) is 22.6 Å². The summed E-state index contributed by atoms with van der Waals surface area (Å²) in [6.07, 6.45) is 3.31. The molecule has 9 nitrogen and oxygen atoms in total. The lowest BCUT2D eigenvalue weighted by Gasteiger charge is -2.26. The van der Waals surface area contributed by atoms with E-state index < -0.39 is 5.82 Å². The van der Waals surface area contributed by atoms with Crippen LogP contribution in [0, 0.1) is 17.1 Å². The van der Waals surface area contributed by atoms with Gasteiger partial charge in [0.2, 0.25) is 0 Å². The molecule has 4 aromatic rings. The molecular weight excluding hydrogens is 487 g/mol. The first-order valence-electron chi connectivity index (χ1n) is 12.2. The van der Waals surface area contributed by atoms with Crippen molar-refractivity contribution in [2.45, 2.75) is 6.54 Å². The van der Waals surface area contributed by atoms with Gasteiger partial charge in [0.1, 0.15) is 18.5 Å². The van der Waals surface area contributed by atoms with E-state index in [0.29, 0.717) is 29.4 Å². The van der Waals surface area contributed by atoms with E-state index in [2.05, 4.69) is 20.0 Å². The van der Waals surface area contributed by atoms with Crippen molar-refractivity contribution in [1.82, 2.24) is 24.6 Å². The van der Waals surface area contributed by atoms with Gasteiger partial charge < -0.3 is 9.47 Å². The minimum absolute atomic E-state index is 0.0803. The van der Waals surface area contributed by atoms with Crippen LogP contribution in [-0.4, -0.2) is 64.1 Å². The summed E-state index contributed by atoms with van der Waals surface area (Å²) in [6, 6.07) is 16.5. The lowest BCUT2D eigenvalue weighted by molar-refractivity contribution is 0.0322. The molecule has 0 radical (unpaired) electrons. The van der Waals surface area contributed by atoms with Crippen LogP contribution >= 0.6 is 0 Å². The lowest BCUT2D eigenvalue weighted by Crippen LogP contribution is -2.38. The third-order valence-corrected chi connectivity index (χ3v) is 6.17. The highest BCUT2D eigenvalue weighted by molar-refractivity contribution is 5.61. The van der Waals surface area contributed by atoms with Crippen molar-refractivity contribution < 1.29 is 13.9 Å². The molecule has 38 heavy (non-hydrogen) atoms. The molecule has 5 rings (SSSR count). The van der Waals surface area contributed by atoms with Gasteiger partial charge in [0.15, 0.2) is 11.6 Å². The van der Waals surface area contributed by atoms with Gasteiger partial charge in [-0.05, 0) is 35.9 Å². The van der Waals surface area contributed by atoms with Gasteiger partial charge in [0.05, 0.1) is 43.4 Å². The van der Waals surface area contributed by atoms with Crippen LogP contribution in [0.15, 0.2) is 71.8 Å². The number of aromatic nitrogens is 4. The molecule has 1 saturated heterocycles. The molecular formula is C28H25FN6O3. The smallest absolute Gasteiger partial charge is 0.267 e. The molecule has 1 aliphatic heterocycles. The first kappa shape index (κ1) is 25.2. The molecule has 0 unspecified atom stereocenters. The molecule has 1 aliphatic rings. The van der Waals surface area contributed by atoms with Crippen LogP contribution in [0.4, 0.5) is 4.39 Å². The molecule has 0 saturated carbocycles. The fraction of sp³-hybridized carbons (Fsp3) is 0.250. The predicted molar refractivity (Wildman–Crippen MR) is 138 cm³/mol. The Labute approximate surface area is 218 Å². The van der Waals surface area contributed by atoms with Gasteiger partial charge in [-0.25, -0.2) is 19.0 Å². The van der Waals surface area contributed by atoms with Crippen molar-refractivity contribution in [2.75, 3.05) is 39.5 Å². The summed E-state index contributed by atoms with van der Waals surface area (Å²) in [5.74, 6) is 0.541. The van der Waals surface area contributed by atoms with E-state index in [1.165, 1.54) is 28.9 Å². The summed E-state index contributed by atoms with van der Waals surface area (Å²) in [7, 11) is 0. The monoisotopic (exact) mass is 512 g/mol. The summed E-state index contributed by atoms with van der Waals surface area (Å²) in [6.45, 7) is 4.92. The number of nitriles is 1. The van der Waals surface area contributed by atoms with Gasteiger partial charge in [-0.2, -0.15) is 10.4 Å². The van der Waals surface area contributed by atoms with E-state index in [4.69, 9.17) is 14.7 Å². The zero-order valence-corrected chi connectivity index (χ0v) is 20.6. The maximum Gasteiger partial charge on any atom is 0.267 e. The zero-order valence-electron chi connectivity index (χ0n) is 20.6. The Morgan fingerprint density at radius 1 is 1.03 bits per heavy atom. The van der Waals surface area contributed by atoms with E-state index in [9.17, 15) is 9.18 Å². The van der Waals surface area contributed by atoms with Crippen molar-refractivity contribution >= 4 is 0 Å². The normalized spacial score (nSPS) is 13.7. The standard InChI is InChI=1S/C28H25FN6O3/c29-25-5-4-21(15-23(25)16-30)26-6-7-27(36)35(33-26)19-20-2-1-3-22(14-20)28-31-17-24(18-32-28)38-13-10-34-8-11-37-12-9-34/h1-7,14-15,17-18H,8-13,19H2. The minimum Gasteiger partial charge on any atom is -0.489 e. The van der Waals surface area contributed by atoms with Crippen molar-refractivity contribution in [1.29, 1.82) is 5.26 Å². The Morgan fingerprint density at radius 2 is 1.84 bits per heavy atom. The average molecular weight is 513 g/mol. The maximum absolute atomic E-state index is 13.7. The Bertz CT molecular complexity index is 1510. The molecule has 10 heteroatoms. The molecule has 0 amide bonds. The highest BCUT2D eigenvalue weighted by Gasteiger charge is 2.11. The number of halogens is 1. The van der Waals surface area contributed by atoms with Crippen LogP contribution < -0.4 is 10.3 Å². The highest BCUT2D eigenvalue weighted by atomic mass is 19.1. The van der Waals surface area contributed by atoms with E-state index in [1.54, 1.807) is 18.5 Å². The lowest BCUT2D eigenvalue weighted by atomic mass is 10.1. The van der Waals surface area contributed by atoms with Crippen molar-refractivity contribution in [3.8, 4) is 34.5 Å². The summed E-state index contributed by atoms with van der Waals surface area (Å²) < 4.78 is 26.2. The molecule has 192 valence electrons. The fourth-order valence-corrected chi connectivity index (χ4v) is 4.13. The number of nitrogens with zero attached hydrogens (tertiary/aromatic N) is 6. The van der Waals surface area contributed by atoms with Gasteiger partial charge in [-0.3, -0.25) is 9.69 Å². The Kier molecular flexibility index (Phi) is 7.78. The van der Waals surface area contributed by atoms with Crippen molar-refractivity contribution in [3.05, 3.63) is 94.3 Å². The Morgan fingerprint density at radius 3 is 2.63 bits per heavy atom. The van der Waals surface area contributed by atoms with Crippen LogP contribution in [0.3, 0.4) is 0 Å². The minimum atomic E-state index is -0.601. The van der Waals surface area contributed by atoms with Gasteiger partial charge in [-0.1, -0.05) is 18.2 Å². The van der Waals surface area contributed by atoms with Gasteiger partial charge in [-0.15, -0.1) is 0 Å². The third-order valence-electron chi connectivity index (χ3n) is 6.17.